The molecule has 7 nitrogen and oxygen atoms in total. The van der Waals surface area contributed by atoms with Gasteiger partial charge >= 0.3 is 0 Å². The van der Waals surface area contributed by atoms with Crippen molar-refractivity contribution >= 4 is 17.7 Å². The number of anilines is 2. The van der Waals surface area contributed by atoms with Gasteiger partial charge in [-0.25, -0.2) is 9.37 Å². The van der Waals surface area contributed by atoms with Crippen molar-refractivity contribution < 1.29 is 13.9 Å². The van der Waals surface area contributed by atoms with E-state index in [0.29, 0.717) is 30.3 Å². The van der Waals surface area contributed by atoms with Gasteiger partial charge in [0.2, 0.25) is 11.9 Å². The fraction of sp³-hybridized carbons (Fsp3) is 0.577. The van der Waals surface area contributed by atoms with Crippen LogP contribution in [0.1, 0.15) is 57.1 Å². The summed E-state index contributed by atoms with van der Waals surface area (Å²) in [4.78, 5) is 25.1. The number of hydrogen-bond donors (Lipinski definition) is 1. The SMILES string of the molecule is C[C@H](NC(=O)C1CC1)c1ccc(O[C@@H]2CCN(c3nc(N4CCC5(CC5)C4)ncc3F)C2)cc1. The molecular weight excluding hydrogens is 433 g/mol. The number of aromatic nitrogens is 2. The zero-order valence-electron chi connectivity index (χ0n) is 19.7. The lowest BCUT2D eigenvalue weighted by Gasteiger charge is -2.22. The molecule has 3 heterocycles. The van der Waals surface area contributed by atoms with E-state index in [-0.39, 0.29) is 29.8 Å². The smallest absolute Gasteiger partial charge is 0.227 e. The first kappa shape index (κ1) is 21.6. The van der Waals surface area contributed by atoms with Crippen LogP contribution in [-0.4, -0.2) is 48.2 Å². The van der Waals surface area contributed by atoms with E-state index in [1.165, 1.54) is 25.5 Å². The molecule has 0 unspecified atom stereocenters. The Bertz CT molecular complexity index is 1070. The van der Waals surface area contributed by atoms with E-state index in [1.54, 1.807) is 0 Å². The van der Waals surface area contributed by atoms with Crippen molar-refractivity contribution in [1.29, 1.82) is 0 Å². The molecule has 2 saturated carbocycles. The third-order valence-electron chi connectivity index (χ3n) is 7.83. The Hall–Kier alpha value is -2.90. The Morgan fingerprint density at radius 2 is 1.94 bits per heavy atom. The maximum atomic E-state index is 14.6. The van der Waals surface area contributed by atoms with Gasteiger partial charge in [0.05, 0.1) is 18.8 Å². The van der Waals surface area contributed by atoms with Crippen molar-refractivity contribution in [2.45, 2.75) is 57.6 Å². The molecule has 6 rings (SSSR count). The van der Waals surface area contributed by atoms with Crippen molar-refractivity contribution in [3.05, 3.63) is 41.8 Å². The number of rotatable bonds is 7. The summed E-state index contributed by atoms with van der Waals surface area (Å²) in [5, 5.41) is 3.08. The Balaban J connectivity index is 1.06. The van der Waals surface area contributed by atoms with Crippen LogP contribution in [0.25, 0.3) is 0 Å². The van der Waals surface area contributed by atoms with Gasteiger partial charge in [0, 0.05) is 32.0 Å². The van der Waals surface area contributed by atoms with Crippen LogP contribution in [0.4, 0.5) is 16.2 Å². The summed E-state index contributed by atoms with van der Waals surface area (Å²) in [5.74, 6) is 1.78. The first-order valence-corrected chi connectivity index (χ1v) is 12.6. The maximum absolute atomic E-state index is 14.6. The molecule has 8 heteroatoms. The van der Waals surface area contributed by atoms with Gasteiger partial charge in [-0.05, 0) is 62.1 Å². The monoisotopic (exact) mass is 465 g/mol. The molecule has 1 amide bonds. The number of hydrogen-bond acceptors (Lipinski definition) is 6. The number of carbonyl (C=O) groups excluding carboxylic acids is 1. The van der Waals surface area contributed by atoms with Gasteiger partial charge in [-0.2, -0.15) is 4.98 Å². The molecule has 2 aromatic rings. The molecule has 0 bridgehead atoms. The summed E-state index contributed by atoms with van der Waals surface area (Å²) >= 11 is 0. The van der Waals surface area contributed by atoms with E-state index >= 15 is 0 Å². The van der Waals surface area contributed by atoms with E-state index in [2.05, 4.69) is 20.2 Å². The fourth-order valence-corrected chi connectivity index (χ4v) is 5.22. The molecule has 2 aliphatic carbocycles. The van der Waals surface area contributed by atoms with Gasteiger partial charge in [-0.15, -0.1) is 0 Å². The van der Waals surface area contributed by atoms with Gasteiger partial charge < -0.3 is 19.9 Å². The summed E-state index contributed by atoms with van der Waals surface area (Å²) in [5.41, 5.74) is 1.53. The Morgan fingerprint density at radius 1 is 1.15 bits per heavy atom. The maximum Gasteiger partial charge on any atom is 0.227 e. The standard InChI is InChI=1S/C26H32FN5O2/c1-17(29-24(33)19-2-3-19)18-4-6-20(7-5-18)34-21-8-12-31(15-21)23-22(27)14-28-25(30-23)32-13-11-26(16-32)9-10-26/h4-7,14,17,19,21H,2-3,8-13,15-16H2,1H3,(H,29,33)/t17-,21+/m0/s1. The first-order chi connectivity index (χ1) is 16.5. The largest absolute Gasteiger partial charge is 0.489 e. The average molecular weight is 466 g/mol. The lowest BCUT2D eigenvalue weighted by Crippen LogP contribution is -2.28. The third kappa shape index (κ3) is 4.42. The molecule has 1 N–H and O–H groups in total. The average Bonchev–Trinajstić information content (AvgIpc) is 3.73. The van der Waals surface area contributed by atoms with Crippen LogP contribution in [0.5, 0.6) is 5.75 Å². The molecule has 34 heavy (non-hydrogen) atoms. The van der Waals surface area contributed by atoms with E-state index in [1.807, 2.05) is 36.1 Å². The molecule has 180 valence electrons. The van der Waals surface area contributed by atoms with Gasteiger partial charge in [0.15, 0.2) is 11.6 Å². The molecule has 2 saturated heterocycles. The van der Waals surface area contributed by atoms with Crippen LogP contribution in [0.2, 0.25) is 0 Å². The predicted octanol–water partition coefficient (Wildman–Crippen LogP) is 3.85. The predicted molar refractivity (Wildman–Crippen MR) is 127 cm³/mol. The summed E-state index contributed by atoms with van der Waals surface area (Å²) < 4.78 is 20.8. The molecule has 1 aromatic heterocycles. The summed E-state index contributed by atoms with van der Waals surface area (Å²) in [6.07, 6.45) is 7.86. The Morgan fingerprint density at radius 3 is 2.65 bits per heavy atom. The number of ether oxygens (including phenoxy) is 1. The third-order valence-corrected chi connectivity index (χ3v) is 7.83. The van der Waals surface area contributed by atoms with Crippen LogP contribution >= 0.6 is 0 Å². The van der Waals surface area contributed by atoms with E-state index in [4.69, 9.17) is 4.74 Å². The molecule has 1 aromatic carbocycles. The van der Waals surface area contributed by atoms with Crippen molar-refractivity contribution in [3.63, 3.8) is 0 Å². The van der Waals surface area contributed by atoms with Crippen molar-refractivity contribution in [2.24, 2.45) is 11.3 Å². The minimum Gasteiger partial charge on any atom is -0.489 e. The van der Waals surface area contributed by atoms with Gasteiger partial charge in [0.25, 0.3) is 0 Å². The van der Waals surface area contributed by atoms with E-state index in [0.717, 1.165) is 43.7 Å². The number of carbonyl (C=O) groups is 1. The van der Waals surface area contributed by atoms with Crippen LogP contribution < -0.4 is 19.9 Å². The second-order valence-corrected chi connectivity index (χ2v) is 10.6. The number of halogens is 1. The number of nitrogens with one attached hydrogen (secondary N) is 1. The molecule has 2 aliphatic heterocycles. The fourth-order valence-electron chi connectivity index (χ4n) is 5.22. The second kappa shape index (κ2) is 8.40. The highest BCUT2D eigenvalue weighted by Gasteiger charge is 2.48. The van der Waals surface area contributed by atoms with Crippen molar-refractivity contribution in [2.75, 3.05) is 36.0 Å². The zero-order chi connectivity index (χ0) is 23.3. The van der Waals surface area contributed by atoms with Crippen LogP contribution in [0.15, 0.2) is 30.5 Å². The van der Waals surface area contributed by atoms with E-state index < -0.39 is 0 Å². The molecule has 4 aliphatic rings. The van der Waals surface area contributed by atoms with Gasteiger partial charge in [-0.3, -0.25) is 4.79 Å². The molecule has 1 spiro atoms. The van der Waals surface area contributed by atoms with Gasteiger partial charge in [0.1, 0.15) is 11.9 Å². The van der Waals surface area contributed by atoms with Crippen LogP contribution in [-0.2, 0) is 4.79 Å². The summed E-state index contributed by atoms with van der Waals surface area (Å²) in [7, 11) is 0. The first-order valence-electron chi connectivity index (χ1n) is 12.6. The van der Waals surface area contributed by atoms with Gasteiger partial charge in [-0.1, -0.05) is 12.1 Å². The van der Waals surface area contributed by atoms with E-state index in [9.17, 15) is 9.18 Å². The van der Waals surface area contributed by atoms with Crippen LogP contribution in [0.3, 0.4) is 0 Å². The Labute approximate surface area is 199 Å². The summed E-state index contributed by atoms with van der Waals surface area (Å²) in [6.45, 7) is 5.23. The summed E-state index contributed by atoms with van der Waals surface area (Å²) in [6, 6.07) is 7.87. The molecule has 2 atom stereocenters. The number of nitrogens with zero attached hydrogens (tertiary/aromatic N) is 4. The minimum absolute atomic E-state index is 0.0236. The second-order valence-electron chi connectivity index (χ2n) is 10.6. The quantitative estimate of drug-likeness (QED) is 0.670. The highest BCUT2D eigenvalue weighted by molar-refractivity contribution is 5.81. The minimum atomic E-state index is -0.378. The zero-order valence-corrected chi connectivity index (χ0v) is 19.7. The molecule has 4 fully saturated rings. The van der Waals surface area contributed by atoms with Crippen molar-refractivity contribution in [3.8, 4) is 5.75 Å². The topological polar surface area (TPSA) is 70.6 Å². The molecular formula is C26H32FN5O2. The number of amides is 1. The highest BCUT2D eigenvalue weighted by Crippen LogP contribution is 2.53. The molecule has 0 radical (unpaired) electrons. The lowest BCUT2D eigenvalue weighted by molar-refractivity contribution is -0.122. The normalized spacial score (nSPS) is 23.9. The Kier molecular flexibility index (Phi) is 5.34. The number of benzene rings is 1. The highest BCUT2D eigenvalue weighted by atomic mass is 19.1. The van der Waals surface area contributed by atoms with Crippen molar-refractivity contribution in [1.82, 2.24) is 15.3 Å². The van der Waals surface area contributed by atoms with Crippen LogP contribution in [0, 0.1) is 17.2 Å². The lowest BCUT2D eigenvalue weighted by atomic mass is 10.1.